The summed E-state index contributed by atoms with van der Waals surface area (Å²) in [6.07, 6.45) is 2.35. The Morgan fingerprint density at radius 3 is 2.67 bits per heavy atom. The minimum absolute atomic E-state index is 0.0391. The van der Waals surface area contributed by atoms with Crippen molar-refractivity contribution in [2.24, 2.45) is 5.92 Å². The van der Waals surface area contributed by atoms with E-state index in [1.807, 2.05) is 0 Å². The van der Waals surface area contributed by atoms with Crippen LogP contribution in [0.1, 0.15) is 35.2 Å². The van der Waals surface area contributed by atoms with Crippen LogP contribution in [0.5, 0.6) is 5.75 Å². The highest BCUT2D eigenvalue weighted by Gasteiger charge is 2.30. The number of rotatable bonds is 6. The number of ketones is 1. The van der Waals surface area contributed by atoms with Gasteiger partial charge in [0.1, 0.15) is 5.75 Å². The average Bonchev–Trinajstić information content (AvgIpc) is 3.19. The van der Waals surface area contributed by atoms with Crippen LogP contribution < -0.4 is 4.74 Å². The predicted octanol–water partition coefficient (Wildman–Crippen LogP) is 2.31. The fourth-order valence-electron chi connectivity index (χ4n) is 1.95. The van der Waals surface area contributed by atoms with Gasteiger partial charge < -0.3 is 9.84 Å². The fourth-order valence-corrected chi connectivity index (χ4v) is 1.95. The van der Waals surface area contributed by atoms with E-state index in [2.05, 4.69) is 0 Å². The molecule has 0 aliphatic heterocycles. The fraction of sp³-hybridized carbons (Fsp3) is 0.429. The molecule has 0 spiro atoms. The normalized spacial score (nSPS) is 14.3. The Hall–Kier alpha value is -1.84. The maximum Gasteiger partial charge on any atom is 0.303 e. The molecule has 4 heteroatoms. The molecule has 0 heterocycles. The third-order valence-corrected chi connectivity index (χ3v) is 3.12. The summed E-state index contributed by atoms with van der Waals surface area (Å²) < 4.78 is 5.18. The van der Waals surface area contributed by atoms with Crippen molar-refractivity contribution in [1.29, 1.82) is 0 Å². The Morgan fingerprint density at radius 1 is 1.39 bits per heavy atom. The molecule has 96 valence electrons. The van der Waals surface area contributed by atoms with Gasteiger partial charge in [0.2, 0.25) is 0 Å². The Labute approximate surface area is 106 Å². The van der Waals surface area contributed by atoms with Crippen LogP contribution in [0.4, 0.5) is 0 Å². The van der Waals surface area contributed by atoms with Crippen molar-refractivity contribution in [3.8, 4) is 5.75 Å². The summed E-state index contributed by atoms with van der Waals surface area (Å²) >= 11 is 0. The van der Waals surface area contributed by atoms with Gasteiger partial charge >= 0.3 is 5.97 Å². The van der Waals surface area contributed by atoms with Gasteiger partial charge in [0.05, 0.1) is 7.11 Å². The summed E-state index contributed by atoms with van der Waals surface area (Å²) in [6, 6.07) is 5.26. The van der Waals surface area contributed by atoms with Gasteiger partial charge in [-0.3, -0.25) is 9.59 Å². The monoisotopic (exact) mass is 248 g/mol. The number of aliphatic carboxylic acids is 1. The van der Waals surface area contributed by atoms with Gasteiger partial charge in [0.25, 0.3) is 0 Å². The van der Waals surface area contributed by atoms with Gasteiger partial charge in [0.15, 0.2) is 5.78 Å². The van der Waals surface area contributed by atoms with E-state index in [9.17, 15) is 9.59 Å². The molecular weight excluding hydrogens is 232 g/mol. The first-order valence-corrected chi connectivity index (χ1v) is 6.04. The second-order valence-electron chi connectivity index (χ2n) is 4.56. The summed E-state index contributed by atoms with van der Waals surface area (Å²) in [6.45, 7) is 0. The van der Waals surface area contributed by atoms with E-state index in [-0.39, 0.29) is 18.1 Å². The number of benzene rings is 1. The molecule has 1 fully saturated rings. The SMILES string of the molecule is COc1ccc(C(=O)C2CC2)cc1CCC(=O)O. The molecule has 0 unspecified atom stereocenters. The van der Waals surface area contributed by atoms with Crippen LogP contribution in [0, 0.1) is 5.92 Å². The zero-order valence-corrected chi connectivity index (χ0v) is 10.3. The quantitative estimate of drug-likeness (QED) is 0.784. The molecule has 1 N–H and O–H groups in total. The summed E-state index contributed by atoms with van der Waals surface area (Å²) in [7, 11) is 1.54. The first-order chi connectivity index (χ1) is 8.61. The molecule has 18 heavy (non-hydrogen) atoms. The maximum atomic E-state index is 11.9. The Balaban J connectivity index is 2.20. The lowest BCUT2D eigenvalue weighted by Gasteiger charge is -2.09. The van der Waals surface area contributed by atoms with Gasteiger partial charge in [-0.2, -0.15) is 0 Å². The van der Waals surface area contributed by atoms with Crippen LogP contribution in [0.2, 0.25) is 0 Å². The van der Waals surface area contributed by atoms with Crippen LogP contribution in [-0.2, 0) is 11.2 Å². The van der Waals surface area contributed by atoms with E-state index in [4.69, 9.17) is 9.84 Å². The van der Waals surface area contributed by atoms with Gasteiger partial charge in [-0.15, -0.1) is 0 Å². The van der Waals surface area contributed by atoms with E-state index in [0.29, 0.717) is 17.7 Å². The van der Waals surface area contributed by atoms with Gasteiger partial charge in [-0.25, -0.2) is 0 Å². The third-order valence-electron chi connectivity index (χ3n) is 3.12. The number of Topliss-reactive ketones (excluding diaryl/α,β-unsaturated/α-hetero) is 1. The number of methoxy groups -OCH3 is 1. The molecular formula is C14H16O4. The molecule has 2 rings (SSSR count). The number of carboxylic acid groups (broad SMARTS) is 1. The Bertz CT molecular complexity index is 475. The van der Waals surface area contributed by atoms with E-state index in [1.165, 1.54) is 0 Å². The Kier molecular flexibility index (Phi) is 3.65. The predicted molar refractivity (Wildman–Crippen MR) is 66.0 cm³/mol. The highest BCUT2D eigenvalue weighted by Crippen LogP contribution is 2.33. The number of aryl methyl sites for hydroxylation is 1. The summed E-state index contributed by atoms with van der Waals surface area (Å²) in [5.41, 5.74) is 1.45. The third kappa shape index (κ3) is 2.88. The van der Waals surface area contributed by atoms with E-state index in [0.717, 1.165) is 18.4 Å². The van der Waals surface area contributed by atoms with Crippen molar-refractivity contribution >= 4 is 11.8 Å². The van der Waals surface area contributed by atoms with E-state index >= 15 is 0 Å². The number of hydrogen-bond acceptors (Lipinski definition) is 3. The van der Waals surface area contributed by atoms with Crippen molar-refractivity contribution in [1.82, 2.24) is 0 Å². The lowest BCUT2D eigenvalue weighted by Crippen LogP contribution is -2.05. The zero-order valence-electron chi connectivity index (χ0n) is 10.3. The highest BCUT2D eigenvalue weighted by atomic mass is 16.5. The van der Waals surface area contributed by atoms with Crippen molar-refractivity contribution in [2.75, 3.05) is 7.11 Å². The molecule has 0 atom stereocenters. The van der Waals surface area contributed by atoms with Gasteiger partial charge in [0, 0.05) is 17.9 Å². The summed E-state index contributed by atoms with van der Waals surface area (Å²) in [5, 5.41) is 8.71. The number of carbonyl (C=O) groups excluding carboxylic acids is 1. The van der Waals surface area contributed by atoms with Crippen LogP contribution in [0.3, 0.4) is 0 Å². The number of carbonyl (C=O) groups is 2. The largest absolute Gasteiger partial charge is 0.496 e. The second kappa shape index (κ2) is 5.21. The molecule has 4 nitrogen and oxygen atoms in total. The minimum Gasteiger partial charge on any atom is -0.496 e. The van der Waals surface area contributed by atoms with Crippen LogP contribution in [-0.4, -0.2) is 24.0 Å². The highest BCUT2D eigenvalue weighted by molar-refractivity contribution is 5.99. The molecule has 1 aromatic rings. The van der Waals surface area contributed by atoms with Crippen molar-refractivity contribution in [2.45, 2.75) is 25.7 Å². The molecule has 1 saturated carbocycles. The molecule has 0 bridgehead atoms. The summed E-state index contributed by atoms with van der Waals surface area (Å²) in [4.78, 5) is 22.5. The molecule has 1 aliphatic carbocycles. The number of hydrogen-bond donors (Lipinski definition) is 1. The number of carboxylic acids is 1. The Morgan fingerprint density at radius 2 is 2.11 bits per heavy atom. The van der Waals surface area contributed by atoms with Crippen molar-refractivity contribution in [3.63, 3.8) is 0 Å². The number of ether oxygens (including phenoxy) is 1. The molecule has 0 saturated heterocycles. The molecule has 0 radical (unpaired) electrons. The van der Waals surface area contributed by atoms with Gasteiger partial charge in [-0.05, 0) is 43.0 Å². The molecule has 0 aromatic heterocycles. The zero-order chi connectivity index (χ0) is 13.1. The molecule has 1 aliphatic rings. The minimum atomic E-state index is -0.851. The average molecular weight is 248 g/mol. The molecule has 1 aromatic carbocycles. The lowest BCUT2D eigenvalue weighted by molar-refractivity contribution is -0.136. The molecule has 0 amide bonds. The standard InChI is InChI=1S/C14H16O4/c1-18-12-6-4-11(14(17)9-2-3-9)8-10(12)5-7-13(15)16/h4,6,8-9H,2-3,5,7H2,1H3,(H,15,16). The van der Waals surface area contributed by atoms with E-state index in [1.54, 1.807) is 25.3 Å². The van der Waals surface area contributed by atoms with Crippen LogP contribution in [0.25, 0.3) is 0 Å². The first kappa shape index (κ1) is 12.6. The van der Waals surface area contributed by atoms with Crippen molar-refractivity contribution < 1.29 is 19.4 Å². The maximum absolute atomic E-state index is 11.9. The summed E-state index contributed by atoms with van der Waals surface area (Å²) in [5.74, 6) is 0.125. The lowest BCUT2D eigenvalue weighted by atomic mass is 10.0. The van der Waals surface area contributed by atoms with Crippen molar-refractivity contribution in [3.05, 3.63) is 29.3 Å². The first-order valence-electron chi connectivity index (χ1n) is 6.04. The second-order valence-corrected chi connectivity index (χ2v) is 4.56. The van der Waals surface area contributed by atoms with E-state index < -0.39 is 5.97 Å². The van der Waals surface area contributed by atoms with Gasteiger partial charge in [-0.1, -0.05) is 0 Å². The smallest absolute Gasteiger partial charge is 0.303 e. The topological polar surface area (TPSA) is 63.6 Å². The van der Waals surface area contributed by atoms with Crippen LogP contribution >= 0.6 is 0 Å². The van der Waals surface area contributed by atoms with Crippen LogP contribution in [0.15, 0.2) is 18.2 Å².